The Morgan fingerprint density at radius 3 is 1.40 bits per heavy atom. The highest BCUT2D eigenvalue weighted by molar-refractivity contribution is 7.66. The summed E-state index contributed by atoms with van der Waals surface area (Å²) in [5, 5.41) is 0. The lowest BCUT2D eigenvalue weighted by Crippen LogP contribution is -1.58. The molecule has 0 amide bonds. The molecule has 0 atom stereocenters. The zero-order valence-electron chi connectivity index (χ0n) is 2.12. The Hall–Kier alpha value is 0.200. The molecule has 1 N–H and O–H groups in total. The topological polar surface area (TPSA) is 54.4 Å². The van der Waals surface area contributed by atoms with E-state index in [9.17, 15) is 0 Å². The molecule has 0 bridgehead atoms. The minimum Gasteiger partial charge on any atom is -0.288 e. The highest BCUT2D eigenvalue weighted by Gasteiger charge is 1.44. The summed E-state index contributed by atoms with van der Waals surface area (Å²) < 4.78 is 24.2. The van der Waals surface area contributed by atoms with Crippen molar-refractivity contribution in [2.24, 2.45) is 0 Å². The Bertz CT molecular complexity index is 55.3. The zero-order valence-corrected chi connectivity index (χ0v) is 3.83. The van der Waals surface area contributed by atoms with Gasteiger partial charge >= 0.3 is 0 Å². The fraction of sp³-hybridized carbons (Fsp3) is 0. The van der Waals surface area contributed by atoms with Crippen molar-refractivity contribution in [2.45, 2.75) is 0 Å². The van der Waals surface area contributed by atoms with Crippen LogP contribution in [0.4, 0.5) is 0 Å². The second kappa shape index (κ2) is 4.20. The van der Waals surface area contributed by atoms with Crippen LogP contribution in [0.2, 0.25) is 0 Å². The summed E-state index contributed by atoms with van der Waals surface area (Å²) in [5.41, 5.74) is 0. The molecule has 0 aliphatic heterocycles. The molecule has 5 heavy (non-hydrogen) atoms. The van der Waals surface area contributed by atoms with E-state index < -0.39 is 11.0 Å². The van der Waals surface area contributed by atoms with Gasteiger partial charge < -0.3 is 0 Å². The van der Waals surface area contributed by atoms with Crippen molar-refractivity contribution < 1.29 is 13.0 Å². The van der Waals surface area contributed by atoms with E-state index in [2.05, 4.69) is 0 Å². The zero-order chi connectivity index (χ0) is 3.58. The predicted molar refractivity (Wildman–Crippen MR) is 20.2 cm³/mol. The van der Waals surface area contributed by atoms with Crippen LogP contribution in [0.5, 0.6) is 0 Å². The Morgan fingerprint density at radius 2 is 1.40 bits per heavy atom. The van der Waals surface area contributed by atoms with Crippen LogP contribution in [-0.4, -0.2) is 13.0 Å². The number of halogens is 1. The summed E-state index contributed by atoms with van der Waals surface area (Å²) in [6, 6.07) is 0. The molecular weight excluding hydrogens is 116 g/mol. The molecule has 0 radical (unpaired) electrons. The molecule has 0 spiro atoms. The van der Waals surface area contributed by atoms with Crippen molar-refractivity contribution in [2.75, 3.05) is 0 Å². The van der Waals surface area contributed by atoms with Gasteiger partial charge in [0.15, 0.2) is 0 Å². The van der Waals surface area contributed by atoms with Crippen LogP contribution in [0, 0.1) is 0 Å². The first-order valence-corrected chi connectivity index (χ1v) is 1.70. The van der Waals surface area contributed by atoms with E-state index in [-0.39, 0.29) is 12.4 Å². The van der Waals surface area contributed by atoms with Crippen LogP contribution in [0.15, 0.2) is 0 Å². The van der Waals surface area contributed by atoms with Crippen molar-refractivity contribution >= 4 is 23.4 Å². The second-order valence-electron chi connectivity index (χ2n) is 0.238. The van der Waals surface area contributed by atoms with Crippen molar-refractivity contribution in [1.82, 2.24) is 0 Å². The summed E-state index contributed by atoms with van der Waals surface area (Å²) in [6.45, 7) is 0. The summed E-state index contributed by atoms with van der Waals surface area (Å²) >= 11 is 0. The fourth-order valence-corrected chi connectivity index (χ4v) is 0. The maximum Gasteiger partial charge on any atom is 0.254 e. The molecule has 34 valence electrons. The van der Waals surface area contributed by atoms with Gasteiger partial charge in [-0.15, -0.1) is 12.4 Å². The molecule has 0 aromatic carbocycles. The smallest absolute Gasteiger partial charge is 0.254 e. The minimum absolute atomic E-state index is 0. The maximum absolute atomic E-state index is 8.59. The van der Waals surface area contributed by atoms with Crippen LogP contribution in [-0.2, 0) is 11.0 Å². The highest BCUT2D eigenvalue weighted by atomic mass is 35.5. The normalized spacial score (nSPS) is 6.80. The average Bonchev–Trinajstić information content (AvgIpc) is 0.811. The van der Waals surface area contributed by atoms with E-state index in [1.807, 2.05) is 0 Å². The molecule has 0 saturated heterocycles. The largest absolute Gasteiger partial charge is 0.288 e. The molecule has 0 fully saturated rings. The Kier molecular flexibility index (Phi) is 7.52. The van der Waals surface area contributed by atoms with Gasteiger partial charge in [0.25, 0.3) is 11.0 Å². The van der Waals surface area contributed by atoms with Gasteiger partial charge in [-0.05, 0) is 0 Å². The van der Waals surface area contributed by atoms with E-state index in [4.69, 9.17) is 13.0 Å². The molecule has 0 aromatic rings. The SMILES string of the molecule is Cl.O=[SH](=O)O. The van der Waals surface area contributed by atoms with Crippen molar-refractivity contribution in [3.05, 3.63) is 0 Å². The van der Waals surface area contributed by atoms with Crippen LogP contribution >= 0.6 is 12.4 Å². The number of hydrogen-bond donors (Lipinski definition) is 2. The molecule has 0 aromatic heterocycles. The summed E-state index contributed by atoms with van der Waals surface area (Å²) in [4.78, 5) is 0. The molecule has 0 unspecified atom stereocenters. The molecule has 0 rings (SSSR count). The molecule has 3 nitrogen and oxygen atoms in total. The molecule has 0 saturated carbocycles. The lowest BCUT2D eigenvalue weighted by Gasteiger charge is -1.43. The molecule has 0 aliphatic rings. The van der Waals surface area contributed by atoms with E-state index in [1.54, 1.807) is 0 Å². The summed E-state index contributed by atoms with van der Waals surface area (Å²) in [6.07, 6.45) is 0. The first-order chi connectivity index (χ1) is 1.73. The van der Waals surface area contributed by atoms with Gasteiger partial charge in [-0.2, -0.15) is 0 Å². The van der Waals surface area contributed by atoms with Gasteiger partial charge in [0.1, 0.15) is 0 Å². The van der Waals surface area contributed by atoms with Gasteiger partial charge in [0, 0.05) is 0 Å². The first kappa shape index (κ1) is 8.96. The van der Waals surface area contributed by atoms with Gasteiger partial charge in [0.05, 0.1) is 0 Å². The summed E-state index contributed by atoms with van der Waals surface area (Å²) in [7, 11) is -3.12. The first-order valence-electron chi connectivity index (χ1n) is 0.565. The third-order valence-electron chi connectivity index (χ3n) is 0. The lowest BCUT2D eigenvalue weighted by atomic mass is 15.9. The highest BCUT2D eigenvalue weighted by Crippen LogP contribution is 1.27. The average molecular weight is 119 g/mol. The third kappa shape index (κ3) is 508. The Labute approximate surface area is 37.2 Å². The molecule has 0 heterocycles. The standard InChI is InChI=1S/ClH.H2O3S/c;1-4(2)3/h1H;4H,(H,1,2,3). The van der Waals surface area contributed by atoms with Gasteiger partial charge in [0.2, 0.25) is 0 Å². The van der Waals surface area contributed by atoms with Gasteiger partial charge in [-0.1, -0.05) is 0 Å². The van der Waals surface area contributed by atoms with E-state index >= 15 is 0 Å². The molecule has 5 heteroatoms. The minimum atomic E-state index is -3.12. The van der Waals surface area contributed by atoms with E-state index in [0.717, 1.165) is 0 Å². The van der Waals surface area contributed by atoms with Gasteiger partial charge in [-0.3, -0.25) is 4.55 Å². The number of thiol groups is 1. The lowest BCUT2D eigenvalue weighted by molar-refractivity contribution is 0.509. The third-order valence-corrected chi connectivity index (χ3v) is 0. The fourth-order valence-electron chi connectivity index (χ4n) is 0. The number of rotatable bonds is 0. The van der Waals surface area contributed by atoms with Crippen LogP contribution in [0.1, 0.15) is 0 Å². The van der Waals surface area contributed by atoms with Crippen LogP contribution in [0.25, 0.3) is 0 Å². The Morgan fingerprint density at radius 1 is 1.40 bits per heavy atom. The molecular formula is H3ClO3S. The quantitative estimate of drug-likeness (QED) is 0.333. The van der Waals surface area contributed by atoms with Crippen molar-refractivity contribution in [1.29, 1.82) is 0 Å². The number of hydrogen-bond acceptors (Lipinski definition) is 2. The second-order valence-corrected chi connectivity index (χ2v) is 0.714. The van der Waals surface area contributed by atoms with E-state index in [1.165, 1.54) is 0 Å². The maximum atomic E-state index is 8.59. The van der Waals surface area contributed by atoms with Crippen molar-refractivity contribution in [3.63, 3.8) is 0 Å². The monoisotopic (exact) mass is 118 g/mol. The van der Waals surface area contributed by atoms with Crippen LogP contribution in [0.3, 0.4) is 0 Å². The predicted octanol–water partition coefficient (Wildman–Crippen LogP) is -0.507. The van der Waals surface area contributed by atoms with Crippen molar-refractivity contribution in [3.8, 4) is 0 Å². The Balaban J connectivity index is 0. The summed E-state index contributed by atoms with van der Waals surface area (Å²) in [5.74, 6) is 0. The van der Waals surface area contributed by atoms with E-state index in [0.29, 0.717) is 0 Å². The molecule has 0 aliphatic carbocycles. The van der Waals surface area contributed by atoms with Gasteiger partial charge in [-0.25, -0.2) is 8.42 Å². The van der Waals surface area contributed by atoms with Crippen LogP contribution < -0.4 is 0 Å².